The van der Waals surface area contributed by atoms with Gasteiger partial charge in [0.05, 0.1) is 6.42 Å². The minimum Gasteiger partial charge on any atom is -0.275 e. The lowest BCUT2D eigenvalue weighted by atomic mass is 9.75. The predicted octanol–water partition coefficient (Wildman–Crippen LogP) is 2.95. The summed E-state index contributed by atoms with van der Waals surface area (Å²) >= 11 is 0. The summed E-state index contributed by atoms with van der Waals surface area (Å²) < 4.78 is 0. The molecule has 2 amide bonds. The van der Waals surface area contributed by atoms with Gasteiger partial charge in [-0.2, -0.15) is 4.89 Å². The van der Waals surface area contributed by atoms with Gasteiger partial charge in [-0.05, 0) is 49.0 Å². The number of imide groups is 1. The fourth-order valence-corrected chi connectivity index (χ4v) is 3.61. The smallest absolute Gasteiger partial charge is 0.275 e. The van der Waals surface area contributed by atoms with Gasteiger partial charge in [0.25, 0.3) is 11.8 Å². The average molecular weight is 367 g/mol. The van der Waals surface area contributed by atoms with E-state index in [2.05, 4.69) is 25.7 Å². The highest BCUT2D eigenvalue weighted by Gasteiger charge is 2.33. The van der Waals surface area contributed by atoms with Crippen LogP contribution in [0.2, 0.25) is 0 Å². The number of amides is 2. The molecule has 7 nitrogen and oxygen atoms in total. The number of hydrogen-bond acceptors (Lipinski definition) is 6. The molecule has 3 unspecified atom stereocenters. The first-order chi connectivity index (χ1) is 12.3. The van der Waals surface area contributed by atoms with Crippen molar-refractivity contribution in [2.24, 2.45) is 17.8 Å². The van der Waals surface area contributed by atoms with Gasteiger partial charge in [-0.15, -0.1) is 0 Å². The minimum atomic E-state index is -0.585. The Kier molecular flexibility index (Phi) is 7.34. The van der Waals surface area contributed by atoms with E-state index in [4.69, 9.17) is 9.93 Å². The summed E-state index contributed by atoms with van der Waals surface area (Å²) in [4.78, 5) is 46.2. The number of carbonyl (C=O) groups is 3. The van der Waals surface area contributed by atoms with E-state index in [1.807, 2.05) is 0 Å². The van der Waals surface area contributed by atoms with Crippen molar-refractivity contribution in [2.45, 2.75) is 65.9 Å². The van der Waals surface area contributed by atoms with Gasteiger partial charge in [0.2, 0.25) is 0 Å². The lowest BCUT2D eigenvalue weighted by Gasteiger charge is -2.35. The molecular formula is C19H29NO6. The molecule has 1 aliphatic carbocycles. The SMILES string of the molecule is CC1=CC(=O)N(CCCC(=O)OOOC2CC(C)CCC2C(C)C)C1=O. The molecule has 1 fully saturated rings. The van der Waals surface area contributed by atoms with Crippen LogP contribution in [0.5, 0.6) is 0 Å². The van der Waals surface area contributed by atoms with Crippen LogP contribution in [-0.2, 0) is 29.2 Å². The van der Waals surface area contributed by atoms with E-state index in [9.17, 15) is 14.4 Å². The first-order valence-corrected chi connectivity index (χ1v) is 9.36. The van der Waals surface area contributed by atoms with Gasteiger partial charge in [0.15, 0.2) is 0 Å². The summed E-state index contributed by atoms with van der Waals surface area (Å²) in [6.07, 6.45) is 4.70. The van der Waals surface area contributed by atoms with Gasteiger partial charge in [-0.1, -0.05) is 27.2 Å². The predicted molar refractivity (Wildman–Crippen MR) is 93.1 cm³/mol. The molecule has 3 atom stereocenters. The molecule has 26 heavy (non-hydrogen) atoms. The van der Waals surface area contributed by atoms with E-state index >= 15 is 0 Å². The van der Waals surface area contributed by atoms with Crippen molar-refractivity contribution in [3.8, 4) is 0 Å². The highest BCUT2D eigenvalue weighted by atomic mass is 17.5. The summed E-state index contributed by atoms with van der Waals surface area (Å²) in [7, 11) is 0. The van der Waals surface area contributed by atoms with Gasteiger partial charge >= 0.3 is 5.97 Å². The Hall–Kier alpha value is -1.73. The van der Waals surface area contributed by atoms with E-state index in [-0.39, 0.29) is 30.9 Å². The maximum atomic E-state index is 11.7. The largest absolute Gasteiger partial charge is 0.345 e. The van der Waals surface area contributed by atoms with Gasteiger partial charge in [0.1, 0.15) is 6.10 Å². The molecule has 1 aliphatic heterocycles. The van der Waals surface area contributed by atoms with Gasteiger partial charge in [0, 0.05) is 18.2 Å². The van der Waals surface area contributed by atoms with Crippen LogP contribution in [0.1, 0.15) is 59.8 Å². The van der Waals surface area contributed by atoms with Crippen molar-refractivity contribution in [1.82, 2.24) is 4.90 Å². The highest BCUT2D eigenvalue weighted by Crippen LogP contribution is 2.35. The van der Waals surface area contributed by atoms with Gasteiger partial charge < -0.3 is 0 Å². The molecule has 7 heteroatoms. The fraction of sp³-hybridized carbons (Fsp3) is 0.737. The standard InChI is InChI=1S/C19H29NO6/c1-12(2)15-8-7-13(3)10-16(15)24-26-25-18(22)6-5-9-20-17(21)11-14(4)19(20)23/h11-13,15-16H,5-10H2,1-4H3. The molecule has 2 aliphatic rings. The van der Waals surface area contributed by atoms with Crippen molar-refractivity contribution >= 4 is 17.8 Å². The molecule has 0 aromatic carbocycles. The molecule has 0 N–H and O–H groups in total. The van der Waals surface area contributed by atoms with E-state index < -0.39 is 5.97 Å². The summed E-state index contributed by atoms with van der Waals surface area (Å²) in [6, 6.07) is 0. The van der Waals surface area contributed by atoms with Crippen LogP contribution in [0, 0.1) is 17.8 Å². The fourth-order valence-electron chi connectivity index (χ4n) is 3.61. The first-order valence-electron chi connectivity index (χ1n) is 9.36. The minimum absolute atomic E-state index is 0.0359. The highest BCUT2D eigenvalue weighted by molar-refractivity contribution is 6.15. The lowest BCUT2D eigenvalue weighted by Crippen LogP contribution is -2.34. The van der Waals surface area contributed by atoms with E-state index in [0.29, 0.717) is 29.7 Å². The van der Waals surface area contributed by atoms with E-state index in [0.717, 1.165) is 17.7 Å². The maximum absolute atomic E-state index is 11.7. The second-order valence-electron chi connectivity index (χ2n) is 7.71. The van der Waals surface area contributed by atoms with Crippen LogP contribution in [0.25, 0.3) is 0 Å². The first kappa shape index (κ1) is 20.6. The molecule has 0 spiro atoms. The van der Waals surface area contributed by atoms with Crippen LogP contribution in [0.3, 0.4) is 0 Å². The summed E-state index contributed by atoms with van der Waals surface area (Å²) in [5, 5.41) is 4.74. The quantitative estimate of drug-likeness (QED) is 0.373. The second kappa shape index (κ2) is 9.28. The molecule has 0 saturated heterocycles. The summed E-state index contributed by atoms with van der Waals surface area (Å²) in [5.41, 5.74) is 0.413. The van der Waals surface area contributed by atoms with Crippen LogP contribution < -0.4 is 0 Å². The Morgan fingerprint density at radius 3 is 2.65 bits per heavy atom. The van der Waals surface area contributed by atoms with Crippen molar-refractivity contribution in [1.29, 1.82) is 0 Å². The van der Waals surface area contributed by atoms with Crippen molar-refractivity contribution < 1.29 is 29.2 Å². The number of nitrogens with zero attached hydrogens (tertiary/aromatic N) is 1. The zero-order valence-corrected chi connectivity index (χ0v) is 16.0. The Bertz CT molecular complexity index is 570. The third kappa shape index (κ3) is 5.38. The monoisotopic (exact) mass is 367 g/mol. The molecule has 1 saturated carbocycles. The van der Waals surface area contributed by atoms with E-state index in [1.165, 1.54) is 12.5 Å². The normalized spacial score (nSPS) is 26.4. The Morgan fingerprint density at radius 2 is 2.04 bits per heavy atom. The molecule has 0 radical (unpaired) electrons. The molecule has 1 heterocycles. The topological polar surface area (TPSA) is 82.1 Å². The number of carbonyl (C=O) groups excluding carboxylic acids is 3. The summed E-state index contributed by atoms with van der Waals surface area (Å²) in [6.45, 7) is 8.25. The third-order valence-electron chi connectivity index (χ3n) is 5.20. The lowest BCUT2D eigenvalue weighted by molar-refractivity contribution is -0.508. The Balaban J connectivity index is 1.65. The van der Waals surface area contributed by atoms with Crippen LogP contribution in [0.4, 0.5) is 0 Å². The Morgan fingerprint density at radius 1 is 1.31 bits per heavy atom. The zero-order valence-electron chi connectivity index (χ0n) is 16.0. The van der Waals surface area contributed by atoms with Crippen LogP contribution >= 0.6 is 0 Å². The molecule has 2 rings (SSSR count). The maximum Gasteiger partial charge on any atom is 0.345 e. The molecule has 0 aromatic rings. The second-order valence-corrected chi connectivity index (χ2v) is 7.71. The van der Waals surface area contributed by atoms with E-state index in [1.54, 1.807) is 6.92 Å². The molecule has 0 aromatic heterocycles. The van der Waals surface area contributed by atoms with Gasteiger partial charge in [-0.25, -0.2) is 4.79 Å². The van der Waals surface area contributed by atoms with Crippen molar-refractivity contribution in [2.75, 3.05) is 6.54 Å². The average Bonchev–Trinajstić information content (AvgIpc) is 2.80. The zero-order chi connectivity index (χ0) is 19.3. The van der Waals surface area contributed by atoms with Crippen LogP contribution in [0.15, 0.2) is 11.6 Å². The van der Waals surface area contributed by atoms with Crippen molar-refractivity contribution in [3.63, 3.8) is 0 Å². The Labute approximate surface area is 154 Å². The molecule has 146 valence electrons. The number of rotatable bonds is 8. The van der Waals surface area contributed by atoms with Crippen LogP contribution in [-0.4, -0.2) is 35.3 Å². The number of hydrogen-bond donors (Lipinski definition) is 0. The van der Waals surface area contributed by atoms with Crippen molar-refractivity contribution in [3.05, 3.63) is 11.6 Å². The third-order valence-corrected chi connectivity index (χ3v) is 5.20. The molecular weight excluding hydrogens is 338 g/mol. The van der Waals surface area contributed by atoms with Gasteiger partial charge in [-0.3, -0.25) is 19.4 Å². The molecule has 0 bridgehead atoms. The summed E-state index contributed by atoms with van der Waals surface area (Å²) in [5.74, 6) is 0.175.